The van der Waals surface area contributed by atoms with Crippen LogP contribution in [-0.4, -0.2) is 4.57 Å². The van der Waals surface area contributed by atoms with Crippen molar-refractivity contribution >= 4 is 60.8 Å². The van der Waals surface area contributed by atoms with Crippen LogP contribution in [0.25, 0.3) is 82.8 Å². The number of anilines is 3. The summed E-state index contributed by atoms with van der Waals surface area (Å²) in [6.07, 6.45) is 0. The van der Waals surface area contributed by atoms with E-state index < -0.39 is 0 Å². The van der Waals surface area contributed by atoms with Crippen LogP contribution in [0.15, 0.2) is 223 Å². The van der Waals surface area contributed by atoms with Crippen LogP contribution in [0.5, 0.6) is 0 Å². The van der Waals surface area contributed by atoms with E-state index in [2.05, 4.69) is 222 Å². The standard InChI is InChI=1S/C54H36N2O/c1-3-16-37(17-4-1)39-30-32-41(33-31-39)55(42-21-15-20-40(36-42)38-18-5-2-6-19-38)51-35-34-46-45-24-10-14-29-52(45)57-54(46)53(51)47-25-9-13-28-50(47)56-48-26-11-7-22-43(48)44-23-8-12-27-49(44)56/h1-36H. The molecule has 0 saturated carbocycles. The molecule has 0 atom stereocenters. The van der Waals surface area contributed by atoms with Gasteiger partial charge in [0, 0.05) is 38.5 Å². The first-order chi connectivity index (χ1) is 28.3. The van der Waals surface area contributed by atoms with E-state index in [-0.39, 0.29) is 0 Å². The lowest BCUT2D eigenvalue weighted by Crippen LogP contribution is -2.12. The molecule has 57 heavy (non-hydrogen) atoms. The van der Waals surface area contributed by atoms with Crippen LogP contribution in [-0.2, 0) is 0 Å². The third-order valence-corrected chi connectivity index (χ3v) is 11.2. The Hall–Kier alpha value is -7.62. The first-order valence-electron chi connectivity index (χ1n) is 19.4. The molecule has 2 heterocycles. The predicted molar refractivity (Wildman–Crippen MR) is 239 cm³/mol. The van der Waals surface area contributed by atoms with Gasteiger partial charge >= 0.3 is 0 Å². The molecule has 268 valence electrons. The van der Waals surface area contributed by atoms with Crippen LogP contribution in [0.4, 0.5) is 17.1 Å². The van der Waals surface area contributed by atoms with Crippen molar-refractivity contribution in [1.29, 1.82) is 0 Å². The number of hydrogen-bond donors (Lipinski definition) is 0. The molecular formula is C54H36N2O. The van der Waals surface area contributed by atoms with Gasteiger partial charge < -0.3 is 13.9 Å². The lowest BCUT2D eigenvalue weighted by Gasteiger charge is -2.29. The van der Waals surface area contributed by atoms with Crippen molar-refractivity contribution < 1.29 is 4.42 Å². The van der Waals surface area contributed by atoms with Gasteiger partial charge in [-0.1, -0.05) is 158 Å². The zero-order chi connectivity index (χ0) is 37.7. The van der Waals surface area contributed by atoms with Gasteiger partial charge in [-0.15, -0.1) is 0 Å². The van der Waals surface area contributed by atoms with Crippen LogP contribution in [0.2, 0.25) is 0 Å². The first kappa shape index (κ1) is 32.8. The summed E-state index contributed by atoms with van der Waals surface area (Å²) in [7, 11) is 0. The summed E-state index contributed by atoms with van der Waals surface area (Å²) in [5.74, 6) is 0. The first-order valence-corrected chi connectivity index (χ1v) is 19.4. The maximum Gasteiger partial charge on any atom is 0.145 e. The van der Waals surface area contributed by atoms with Gasteiger partial charge in [0.25, 0.3) is 0 Å². The number of benzene rings is 9. The average Bonchev–Trinajstić information content (AvgIpc) is 3.83. The van der Waals surface area contributed by atoms with E-state index in [1.54, 1.807) is 0 Å². The largest absolute Gasteiger partial charge is 0.455 e. The van der Waals surface area contributed by atoms with Crippen LogP contribution < -0.4 is 4.90 Å². The second-order valence-electron chi connectivity index (χ2n) is 14.5. The zero-order valence-electron chi connectivity index (χ0n) is 31.1. The third-order valence-electron chi connectivity index (χ3n) is 11.2. The smallest absolute Gasteiger partial charge is 0.145 e. The van der Waals surface area contributed by atoms with Crippen molar-refractivity contribution in [2.45, 2.75) is 0 Å². The van der Waals surface area contributed by atoms with Gasteiger partial charge in [-0.2, -0.15) is 0 Å². The maximum absolute atomic E-state index is 6.98. The fraction of sp³-hybridized carbons (Fsp3) is 0. The molecule has 3 nitrogen and oxygen atoms in total. The van der Waals surface area contributed by atoms with E-state index in [9.17, 15) is 0 Å². The molecule has 0 saturated heterocycles. The molecule has 0 fully saturated rings. The quantitative estimate of drug-likeness (QED) is 0.163. The van der Waals surface area contributed by atoms with Crippen molar-refractivity contribution in [1.82, 2.24) is 4.57 Å². The molecule has 11 aromatic rings. The fourth-order valence-corrected chi connectivity index (χ4v) is 8.60. The van der Waals surface area contributed by atoms with Crippen molar-refractivity contribution in [3.8, 4) is 39.1 Å². The number of fused-ring (bicyclic) bond motifs is 6. The maximum atomic E-state index is 6.98. The molecule has 0 N–H and O–H groups in total. The number of furan rings is 1. The molecule has 11 rings (SSSR count). The molecule has 0 radical (unpaired) electrons. The number of para-hydroxylation sites is 4. The van der Waals surface area contributed by atoms with Crippen LogP contribution in [0, 0.1) is 0 Å². The summed E-state index contributed by atoms with van der Waals surface area (Å²) in [6.45, 7) is 0. The van der Waals surface area contributed by atoms with E-state index in [0.717, 1.165) is 72.4 Å². The highest BCUT2D eigenvalue weighted by Gasteiger charge is 2.26. The van der Waals surface area contributed by atoms with Gasteiger partial charge in [0.15, 0.2) is 0 Å². The van der Waals surface area contributed by atoms with E-state index >= 15 is 0 Å². The summed E-state index contributed by atoms with van der Waals surface area (Å²) in [5, 5.41) is 4.63. The average molecular weight is 729 g/mol. The highest BCUT2D eigenvalue weighted by molar-refractivity contribution is 6.15. The Labute approximate surface area is 330 Å². The van der Waals surface area contributed by atoms with Crippen LogP contribution in [0.3, 0.4) is 0 Å². The van der Waals surface area contributed by atoms with Crippen molar-refractivity contribution in [3.05, 3.63) is 218 Å². The summed E-state index contributed by atoms with van der Waals surface area (Å²) in [6, 6.07) is 78.1. The SMILES string of the molecule is c1ccc(-c2ccc(N(c3cccc(-c4ccccc4)c3)c3ccc4c(oc5ccccc54)c3-c3ccccc3-n3c4ccccc4c4ccccc43)cc2)cc1. The Morgan fingerprint density at radius 1 is 0.368 bits per heavy atom. The molecule has 0 bridgehead atoms. The summed E-state index contributed by atoms with van der Waals surface area (Å²) < 4.78 is 9.40. The third kappa shape index (κ3) is 5.51. The lowest BCUT2D eigenvalue weighted by molar-refractivity contribution is 0.670. The van der Waals surface area contributed by atoms with Gasteiger partial charge in [0.05, 0.1) is 28.0 Å². The number of rotatable bonds is 7. The summed E-state index contributed by atoms with van der Waals surface area (Å²) in [5.41, 5.74) is 15.0. The molecule has 0 aliphatic heterocycles. The lowest BCUT2D eigenvalue weighted by atomic mass is 9.96. The van der Waals surface area contributed by atoms with E-state index in [1.807, 2.05) is 6.07 Å². The molecule has 0 aliphatic rings. The van der Waals surface area contributed by atoms with Crippen LogP contribution >= 0.6 is 0 Å². The summed E-state index contributed by atoms with van der Waals surface area (Å²) in [4.78, 5) is 2.39. The number of aromatic nitrogens is 1. The predicted octanol–water partition coefficient (Wildman–Crippen LogP) is 15.2. The van der Waals surface area contributed by atoms with Gasteiger partial charge in [-0.25, -0.2) is 0 Å². The Kier molecular flexibility index (Phi) is 7.82. The molecule has 0 aliphatic carbocycles. The molecule has 0 amide bonds. The van der Waals surface area contributed by atoms with Crippen molar-refractivity contribution in [2.24, 2.45) is 0 Å². The second kappa shape index (κ2) is 13.6. The van der Waals surface area contributed by atoms with Crippen molar-refractivity contribution in [3.63, 3.8) is 0 Å². The molecule has 9 aromatic carbocycles. The highest BCUT2D eigenvalue weighted by Crippen LogP contribution is 2.49. The summed E-state index contributed by atoms with van der Waals surface area (Å²) >= 11 is 0. The minimum absolute atomic E-state index is 0.854. The molecule has 3 heteroatoms. The van der Waals surface area contributed by atoms with E-state index in [1.165, 1.54) is 27.5 Å². The zero-order valence-corrected chi connectivity index (χ0v) is 31.1. The van der Waals surface area contributed by atoms with Gasteiger partial charge in [0.1, 0.15) is 11.2 Å². The monoisotopic (exact) mass is 728 g/mol. The minimum Gasteiger partial charge on any atom is -0.455 e. The Morgan fingerprint density at radius 2 is 0.930 bits per heavy atom. The molecule has 0 spiro atoms. The Morgan fingerprint density at radius 3 is 1.65 bits per heavy atom. The van der Waals surface area contributed by atoms with E-state index in [4.69, 9.17) is 4.42 Å². The molecule has 2 aromatic heterocycles. The van der Waals surface area contributed by atoms with E-state index in [0.29, 0.717) is 0 Å². The fourth-order valence-electron chi connectivity index (χ4n) is 8.60. The highest BCUT2D eigenvalue weighted by atomic mass is 16.3. The minimum atomic E-state index is 0.854. The topological polar surface area (TPSA) is 21.3 Å². The molecular weight excluding hydrogens is 693 g/mol. The Balaban J connectivity index is 1.22. The second-order valence-corrected chi connectivity index (χ2v) is 14.5. The number of nitrogens with zero attached hydrogens (tertiary/aromatic N) is 2. The normalized spacial score (nSPS) is 11.5. The van der Waals surface area contributed by atoms with Gasteiger partial charge in [-0.3, -0.25) is 0 Å². The van der Waals surface area contributed by atoms with Gasteiger partial charge in [-0.05, 0) is 82.9 Å². The van der Waals surface area contributed by atoms with Gasteiger partial charge in [0.2, 0.25) is 0 Å². The Bertz CT molecular complexity index is 3180. The van der Waals surface area contributed by atoms with Crippen LogP contribution in [0.1, 0.15) is 0 Å². The number of hydrogen-bond acceptors (Lipinski definition) is 2. The molecule has 0 unspecified atom stereocenters. The van der Waals surface area contributed by atoms with Crippen molar-refractivity contribution in [2.75, 3.05) is 4.90 Å².